The molecule has 1 rings (SSSR count). The summed E-state index contributed by atoms with van der Waals surface area (Å²) in [5, 5.41) is 0. The number of ether oxygens (including phenoxy) is 1. The van der Waals surface area contributed by atoms with Gasteiger partial charge in [-0.15, -0.1) is 0 Å². The van der Waals surface area contributed by atoms with E-state index in [0.29, 0.717) is 5.56 Å². The van der Waals surface area contributed by atoms with Crippen LogP contribution in [0.3, 0.4) is 0 Å². The van der Waals surface area contributed by atoms with Crippen LogP contribution in [-0.4, -0.2) is 13.1 Å². The first-order valence-electron chi connectivity index (χ1n) is 5.00. The van der Waals surface area contributed by atoms with E-state index in [4.69, 9.17) is 0 Å². The molecule has 3 heteroatoms. The molecule has 82 valence electrons. The molecule has 0 bridgehead atoms. The van der Waals surface area contributed by atoms with Crippen LogP contribution in [0.5, 0.6) is 0 Å². The van der Waals surface area contributed by atoms with Crippen molar-refractivity contribution in [1.82, 2.24) is 0 Å². The Kier molecular flexibility index (Phi) is 4.28. The van der Waals surface area contributed by atoms with Gasteiger partial charge in [-0.3, -0.25) is 0 Å². The molecule has 0 aromatic heterocycles. The standard InChI is InChI=1S/C12H15FO2/c1-3-6-9-7-4-5-8-10(9)11(13)12(14)15-2/h4-5,7-8,11H,3,6H2,1-2H3. The quantitative estimate of drug-likeness (QED) is 0.714. The summed E-state index contributed by atoms with van der Waals surface area (Å²) in [5.41, 5.74) is 1.30. The van der Waals surface area contributed by atoms with E-state index in [2.05, 4.69) is 4.74 Å². The maximum atomic E-state index is 13.6. The highest BCUT2D eigenvalue weighted by Gasteiger charge is 2.22. The number of benzene rings is 1. The summed E-state index contributed by atoms with van der Waals surface area (Å²) < 4.78 is 18.0. The van der Waals surface area contributed by atoms with Gasteiger partial charge in [0.1, 0.15) is 0 Å². The third kappa shape index (κ3) is 2.78. The summed E-state index contributed by atoms with van der Waals surface area (Å²) in [6, 6.07) is 7.05. The largest absolute Gasteiger partial charge is 0.467 e. The first-order chi connectivity index (χ1) is 7.20. The summed E-state index contributed by atoms with van der Waals surface area (Å²) in [6.45, 7) is 2.02. The molecule has 0 fully saturated rings. The smallest absolute Gasteiger partial charge is 0.345 e. The lowest BCUT2D eigenvalue weighted by Gasteiger charge is -2.11. The number of hydrogen-bond acceptors (Lipinski definition) is 2. The van der Waals surface area contributed by atoms with Gasteiger partial charge in [-0.2, -0.15) is 0 Å². The number of alkyl halides is 1. The van der Waals surface area contributed by atoms with E-state index in [1.807, 2.05) is 19.1 Å². The molecule has 0 saturated carbocycles. The van der Waals surface area contributed by atoms with Crippen molar-refractivity contribution in [1.29, 1.82) is 0 Å². The van der Waals surface area contributed by atoms with E-state index in [9.17, 15) is 9.18 Å². The van der Waals surface area contributed by atoms with E-state index in [1.165, 1.54) is 7.11 Å². The van der Waals surface area contributed by atoms with Crippen LogP contribution in [0.4, 0.5) is 4.39 Å². The molecule has 1 aromatic rings. The molecule has 0 N–H and O–H groups in total. The predicted octanol–water partition coefficient (Wildman–Crippen LogP) is 2.82. The Bertz CT molecular complexity index is 336. The van der Waals surface area contributed by atoms with Gasteiger partial charge in [-0.05, 0) is 12.0 Å². The average molecular weight is 210 g/mol. The summed E-state index contributed by atoms with van der Waals surface area (Å²) in [6.07, 6.45) is 0.0242. The topological polar surface area (TPSA) is 26.3 Å². The minimum Gasteiger partial charge on any atom is -0.467 e. The van der Waals surface area contributed by atoms with Gasteiger partial charge in [0.25, 0.3) is 0 Å². The number of aryl methyl sites for hydroxylation is 1. The molecule has 1 atom stereocenters. The highest BCUT2D eigenvalue weighted by Crippen LogP contribution is 2.23. The number of esters is 1. The molecule has 0 amide bonds. The Labute approximate surface area is 89.1 Å². The van der Waals surface area contributed by atoms with Crippen LogP contribution in [0.25, 0.3) is 0 Å². The predicted molar refractivity (Wildman–Crippen MR) is 56.3 cm³/mol. The van der Waals surface area contributed by atoms with Crippen LogP contribution in [0.15, 0.2) is 24.3 Å². The maximum Gasteiger partial charge on any atom is 0.345 e. The van der Waals surface area contributed by atoms with E-state index in [0.717, 1.165) is 18.4 Å². The van der Waals surface area contributed by atoms with Gasteiger partial charge in [0.2, 0.25) is 6.17 Å². The van der Waals surface area contributed by atoms with Crippen LogP contribution in [0.1, 0.15) is 30.6 Å². The van der Waals surface area contributed by atoms with E-state index < -0.39 is 12.1 Å². The molecule has 0 saturated heterocycles. The molecule has 0 spiro atoms. The zero-order chi connectivity index (χ0) is 11.3. The van der Waals surface area contributed by atoms with Crippen LogP contribution >= 0.6 is 0 Å². The Balaban J connectivity index is 2.96. The zero-order valence-corrected chi connectivity index (χ0v) is 9.00. The number of carbonyl (C=O) groups is 1. The van der Waals surface area contributed by atoms with E-state index in [-0.39, 0.29) is 0 Å². The van der Waals surface area contributed by atoms with Crippen molar-refractivity contribution in [2.24, 2.45) is 0 Å². The third-order valence-corrected chi connectivity index (χ3v) is 2.26. The van der Waals surface area contributed by atoms with Crippen LogP contribution in [-0.2, 0) is 16.0 Å². The molecule has 0 radical (unpaired) electrons. The number of hydrogen-bond donors (Lipinski definition) is 0. The van der Waals surface area contributed by atoms with Gasteiger partial charge in [-0.1, -0.05) is 37.6 Å². The van der Waals surface area contributed by atoms with E-state index in [1.54, 1.807) is 12.1 Å². The van der Waals surface area contributed by atoms with Crippen molar-refractivity contribution in [2.45, 2.75) is 25.9 Å². The number of halogens is 1. The van der Waals surface area contributed by atoms with Crippen molar-refractivity contribution in [3.8, 4) is 0 Å². The number of rotatable bonds is 4. The van der Waals surface area contributed by atoms with Gasteiger partial charge < -0.3 is 4.74 Å². The normalized spacial score (nSPS) is 12.2. The fourth-order valence-electron chi connectivity index (χ4n) is 1.51. The Morgan fingerprint density at radius 3 is 2.73 bits per heavy atom. The minimum absolute atomic E-state index is 0.422. The molecular formula is C12H15FO2. The third-order valence-electron chi connectivity index (χ3n) is 2.26. The van der Waals surface area contributed by atoms with Crippen molar-refractivity contribution in [3.05, 3.63) is 35.4 Å². The van der Waals surface area contributed by atoms with Gasteiger partial charge in [0.15, 0.2) is 0 Å². The molecule has 0 aliphatic carbocycles. The highest BCUT2D eigenvalue weighted by atomic mass is 19.1. The number of methoxy groups -OCH3 is 1. The second-order valence-corrected chi connectivity index (χ2v) is 3.33. The summed E-state index contributed by atoms with van der Waals surface area (Å²) >= 11 is 0. The molecule has 2 nitrogen and oxygen atoms in total. The van der Waals surface area contributed by atoms with Gasteiger partial charge in [0, 0.05) is 5.56 Å². The van der Waals surface area contributed by atoms with Crippen LogP contribution in [0, 0.1) is 0 Å². The molecule has 15 heavy (non-hydrogen) atoms. The summed E-state index contributed by atoms with van der Waals surface area (Å²) in [7, 11) is 1.19. The SMILES string of the molecule is CCCc1ccccc1C(F)C(=O)OC. The summed E-state index contributed by atoms with van der Waals surface area (Å²) in [5.74, 6) is -0.835. The molecule has 0 aliphatic heterocycles. The monoisotopic (exact) mass is 210 g/mol. The lowest BCUT2D eigenvalue weighted by atomic mass is 10.00. The second kappa shape index (κ2) is 5.49. The van der Waals surface area contributed by atoms with Gasteiger partial charge in [0.05, 0.1) is 7.11 Å². The first kappa shape index (κ1) is 11.7. The van der Waals surface area contributed by atoms with Crippen LogP contribution in [0.2, 0.25) is 0 Å². The fraction of sp³-hybridized carbons (Fsp3) is 0.417. The minimum atomic E-state index is -1.67. The Morgan fingerprint density at radius 1 is 1.47 bits per heavy atom. The number of carbonyl (C=O) groups excluding carboxylic acids is 1. The molecule has 0 aliphatic rings. The Hall–Kier alpha value is -1.38. The van der Waals surface area contributed by atoms with Gasteiger partial charge >= 0.3 is 5.97 Å². The van der Waals surface area contributed by atoms with E-state index >= 15 is 0 Å². The highest BCUT2D eigenvalue weighted by molar-refractivity contribution is 5.76. The molecule has 0 heterocycles. The van der Waals surface area contributed by atoms with Crippen molar-refractivity contribution < 1.29 is 13.9 Å². The summed E-state index contributed by atoms with van der Waals surface area (Å²) in [4.78, 5) is 11.1. The van der Waals surface area contributed by atoms with Crippen LogP contribution < -0.4 is 0 Å². The molecular weight excluding hydrogens is 195 g/mol. The lowest BCUT2D eigenvalue weighted by molar-refractivity contribution is -0.146. The van der Waals surface area contributed by atoms with Gasteiger partial charge in [-0.25, -0.2) is 9.18 Å². The second-order valence-electron chi connectivity index (χ2n) is 3.33. The zero-order valence-electron chi connectivity index (χ0n) is 9.00. The average Bonchev–Trinajstić information content (AvgIpc) is 2.28. The molecule has 1 aromatic carbocycles. The van der Waals surface area contributed by atoms with Crippen molar-refractivity contribution in [3.63, 3.8) is 0 Å². The first-order valence-corrected chi connectivity index (χ1v) is 5.00. The van der Waals surface area contributed by atoms with Crippen molar-refractivity contribution >= 4 is 5.97 Å². The molecule has 1 unspecified atom stereocenters. The fourth-order valence-corrected chi connectivity index (χ4v) is 1.51. The lowest BCUT2D eigenvalue weighted by Crippen LogP contribution is -2.11. The maximum absolute atomic E-state index is 13.6. The Morgan fingerprint density at radius 2 is 2.13 bits per heavy atom. The van der Waals surface area contributed by atoms with Crippen molar-refractivity contribution in [2.75, 3.05) is 7.11 Å².